The van der Waals surface area contributed by atoms with Gasteiger partial charge in [0, 0.05) is 46.7 Å². The number of nitrogens with zero attached hydrogens (tertiary/aromatic N) is 1. The van der Waals surface area contributed by atoms with Gasteiger partial charge in [-0.15, -0.1) is 0 Å². The first-order valence-corrected chi connectivity index (χ1v) is 16.0. The molecule has 1 saturated heterocycles. The number of hydrogen-bond acceptors (Lipinski definition) is 7. The summed E-state index contributed by atoms with van der Waals surface area (Å²) in [6.07, 6.45) is 0.873. The zero-order valence-corrected chi connectivity index (χ0v) is 27.5. The van der Waals surface area contributed by atoms with Crippen LogP contribution in [0.2, 0.25) is 0 Å². The molecular formula is C33H45BrN4O5. The van der Waals surface area contributed by atoms with E-state index in [9.17, 15) is 14.7 Å². The number of ether oxygens (including phenoxy) is 1. The number of fused-ring (bicyclic) bond motifs is 2. The molecule has 4 fully saturated rings. The summed E-state index contributed by atoms with van der Waals surface area (Å²) in [5.41, 5.74) is 9.34. The van der Waals surface area contributed by atoms with Gasteiger partial charge in [0.15, 0.2) is 0 Å². The number of halogens is 1. The third-order valence-electron chi connectivity index (χ3n) is 10.4. The third kappa shape index (κ3) is 5.84. The standard InChI is InChI=1S/C33H45BrN4O5/c1-17-25-13-22(33(25,3)4)14-26(17)37-32(41)29-28(18(2)39)27(15-35)43-38(29)16-19-8-7-9-24(30(19)42-6)20-10-21(31(40)36-5)12-23(34)11-20/h7-12,17-18,22,25-29,39H,13-16,35H2,1-6H3,(H,36,40)(H,37,41)/t17-,18-,22+,25+,26?,27-,28-,29?/m0/s1. The highest BCUT2D eigenvalue weighted by atomic mass is 79.9. The number of hydroxylamine groups is 2. The molecule has 5 N–H and O–H groups in total. The van der Waals surface area contributed by atoms with Crippen LogP contribution in [0.15, 0.2) is 40.9 Å². The minimum absolute atomic E-state index is 0.0848. The Morgan fingerprint density at radius 2 is 2.00 bits per heavy atom. The predicted molar refractivity (Wildman–Crippen MR) is 169 cm³/mol. The number of nitrogens with two attached hydrogens (primary N) is 1. The van der Waals surface area contributed by atoms with Gasteiger partial charge in [0.05, 0.1) is 25.9 Å². The number of carbonyl (C=O) groups excluding carboxylic acids is 2. The molecule has 10 heteroatoms. The Hall–Kier alpha value is -2.50. The number of nitrogens with one attached hydrogen (secondary N) is 2. The molecule has 2 amide bonds. The van der Waals surface area contributed by atoms with E-state index in [0.29, 0.717) is 34.5 Å². The molecule has 6 rings (SSSR count). The van der Waals surface area contributed by atoms with Gasteiger partial charge in [-0.1, -0.05) is 54.9 Å². The highest BCUT2D eigenvalue weighted by Crippen LogP contribution is 2.61. The smallest absolute Gasteiger partial charge is 0.251 e. The van der Waals surface area contributed by atoms with Gasteiger partial charge in [0.25, 0.3) is 5.91 Å². The lowest BCUT2D eigenvalue weighted by molar-refractivity contribution is -0.175. The Balaban J connectivity index is 1.44. The molecular weight excluding hydrogens is 612 g/mol. The Kier molecular flexibility index (Phi) is 9.26. The first-order chi connectivity index (χ1) is 20.4. The van der Waals surface area contributed by atoms with E-state index in [4.69, 9.17) is 15.3 Å². The predicted octanol–water partition coefficient (Wildman–Crippen LogP) is 4.11. The molecule has 2 aromatic carbocycles. The monoisotopic (exact) mass is 656 g/mol. The van der Waals surface area contributed by atoms with Gasteiger partial charge >= 0.3 is 0 Å². The lowest BCUT2D eigenvalue weighted by Gasteiger charge is -2.62. The number of rotatable bonds is 9. The van der Waals surface area contributed by atoms with E-state index in [-0.39, 0.29) is 30.9 Å². The topological polar surface area (TPSA) is 126 Å². The summed E-state index contributed by atoms with van der Waals surface area (Å²) in [5, 5.41) is 18.5. The molecule has 4 aliphatic rings. The van der Waals surface area contributed by atoms with Gasteiger partial charge in [-0.3, -0.25) is 14.4 Å². The second-order valence-corrected chi connectivity index (χ2v) is 14.0. The van der Waals surface area contributed by atoms with Crippen molar-refractivity contribution >= 4 is 27.7 Å². The van der Waals surface area contributed by atoms with Crippen LogP contribution < -0.4 is 21.1 Å². The molecule has 43 heavy (non-hydrogen) atoms. The zero-order valence-electron chi connectivity index (χ0n) is 25.9. The Morgan fingerprint density at radius 3 is 2.60 bits per heavy atom. The van der Waals surface area contributed by atoms with Crippen LogP contribution in [0, 0.1) is 29.1 Å². The molecule has 1 aliphatic heterocycles. The number of methoxy groups -OCH3 is 1. The van der Waals surface area contributed by atoms with Crippen molar-refractivity contribution in [2.75, 3.05) is 20.7 Å². The van der Waals surface area contributed by atoms with Crippen molar-refractivity contribution in [1.82, 2.24) is 15.7 Å². The zero-order chi connectivity index (χ0) is 31.2. The molecule has 234 valence electrons. The van der Waals surface area contributed by atoms with Crippen molar-refractivity contribution in [2.45, 2.75) is 71.4 Å². The number of amides is 2. The van der Waals surface area contributed by atoms with E-state index in [1.807, 2.05) is 30.3 Å². The first kappa shape index (κ1) is 31.9. The molecule has 0 radical (unpaired) electrons. The van der Waals surface area contributed by atoms with Crippen molar-refractivity contribution in [3.05, 3.63) is 52.0 Å². The highest BCUT2D eigenvalue weighted by Gasteiger charge is 2.57. The number of hydrogen-bond donors (Lipinski definition) is 4. The van der Waals surface area contributed by atoms with Crippen LogP contribution in [0.3, 0.4) is 0 Å². The quantitative estimate of drug-likeness (QED) is 0.320. The van der Waals surface area contributed by atoms with Crippen molar-refractivity contribution < 1.29 is 24.3 Å². The fraction of sp³-hybridized carbons (Fsp3) is 0.576. The molecule has 9 nitrogen and oxygen atoms in total. The fourth-order valence-corrected chi connectivity index (χ4v) is 8.39. The average Bonchev–Trinajstić information content (AvgIpc) is 3.35. The van der Waals surface area contributed by atoms with E-state index in [2.05, 4.69) is 47.3 Å². The second-order valence-electron chi connectivity index (χ2n) is 13.1. The van der Waals surface area contributed by atoms with Crippen LogP contribution in [0.1, 0.15) is 56.5 Å². The summed E-state index contributed by atoms with van der Waals surface area (Å²) in [6.45, 7) is 9.04. The van der Waals surface area contributed by atoms with Crippen molar-refractivity contribution in [1.29, 1.82) is 0 Å². The van der Waals surface area contributed by atoms with Crippen LogP contribution in [-0.4, -0.2) is 67.0 Å². The van der Waals surface area contributed by atoms with Gasteiger partial charge in [-0.2, -0.15) is 5.06 Å². The molecule has 0 aromatic heterocycles. The Labute approximate surface area is 263 Å². The number of aliphatic hydroxyl groups is 1. The Bertz CT molecular complexity index is 1370. The molecule has 1 heterocycles. The largest absolute Gasteiger partial charge is 0.496 e. The SMILES string of the molecule is CNC(=O)c1cc(Br)cc(-c2cccc(CN3O[C@@H](CN)[C@H]([C@H](C)O)C3C(=O)NC3C[C@H]4C[C@H]([C@@H]3C)C4(C)C)c2OC)c1. The van der Waals surface area contributed by atoms with Crippen LogP contribution in [0.4, 0.5) is 0 Å². The fourth-order valence-electron chi connectivity index (χ4n) is 7.90. The van der Waals surface area contributed by atoms with E-state index >= 15 is 0 Å². The summed E-state index contributed by atoms with van der Waals surface area (Å²) >= 11 is 3.53. The van der Waals surface area contributed by atoms with E-state index < -0.39 is 24.2 Å². The van der Waals surface area contributed by atoms with Crippen LogP contribution in [-0.2, 0) is 16.2 Å². The molecule has 2 bridgehead atoms. The molecule has 3 saturated carbocycles. The third-order valence-corrected chi connectivity index (χ3v) is 10.9. The first-order valence-electron chi connectivity index (χ1n) is 15.2. The maximum Gasteiger partial charge on any atom is 0.251 e. The minimum Gasteiger partial charge on any atom is -0.496 e. The van der Waals surface area contributed by atoms with Gasteiger partial charge in [-0.05, 0) is 66.7 Å². The summed E-state index contributed by atoms with van der Waals surface area (Å²) in [5.74, 6) is 1.34. The second kappa shape index (κ2) is 12.5. The van der Waals surface area contributed by atoms with Crippen molar-refractivity contribution in [3.8, 4) is 16.9 Å². The summed E-state index contributed by atoms with van der Waals surface area (Å²) < 4.78 is 6.69. The lowest BCUT2D eigenvalue weighted by atomic mass is 9.45. The van der Waals surface area contributed by atoms with E-state index in [0.717, 1.165) is 27.6 Å². The Morgan fingerprint density at radius 1 is 1.26 bits per heavy atom. The van der Waals surface area contributed by atoms with Gasteiger partial charge in [0.1, 0.15) is 11.8 Å². The van der Waals surface area contributed by atoms with E-state index in [1.165, 1.54) is 6.42 Å². The summed E-state index contributed by atoms with van der Waals surface area (Å²) in [7, 11) is 3.20. The highest BCUT2D eigenvalue weighted by molar-refractivity contribution is 9.10. The van der Waals surface area contributed by atoms with E-state index in [1.54, 1.807) is 32.2 Å². The number of para-hydroxylation sites is 1. The minimum atomic E-state index is -0.802. The average molecular weight is 658 g/mol. The van der Waals surface area contributed by atoms with Crippen molar-refractivity contribution in [3.63, 3.8) is 0 Å². The van der Waals surface area contributed by atoms with Crippen molar-refractivity contribution in [2.24, 2.45) is 34.8 Å². The molecule has 2 aromatic rings. The maximum absolute atomic E-state index is 14.1. The molecule has 0 spiro atoms. The summed E-state index contributed by atoms with van der Waals surface area (Å²) in [4.78, 5) is 32.8. The molecule has 8 atom stereocenters. The van der Waals surface area contributed by atoms with Crippen LogP contribution in [0.5, 0.6) is 5.75 Å². The van der Waals surface area contributed by atoms with Crippen LogP contribution in [0.25, 0.3) is 11.1 Å². The number of aliphatic hydroxyl groups excluding tert-OH is 1. The number of carbonyl (C=O) groups is 2. The molecule has 2 unspecified atom stereocenters. The normalized spacial score (nSPS) is 30.3. The van der Waals surface area contributed by atoms with Crippen LogP contribution >= 0.6 is 15.9 Å². The lowest BCUT2D eigenvalue weighted by Crippen LogP contribution is -2.62. The van der Waals surface area contributed by atoms with Gasteiger partial charge < -0.3 is 26.2 Å². The summed E-state index contributed by atoms with van der Waals surface area (Å²) in [6, 6.07) is 10.7. The molecule has 3 aliphatic carbocycles. The number of benzene rings is 2. The van der Waals surface area contributed by atoms with Gasteiger partial charge in [-0.25, -0.2) is 0 Å². The van der Waals surface area contributed by atoms with Gasteiger partial charge in [0.2, 0.25) is 5.91 Å². The maximum atomic E-state index is 14.1.